The Morgan fingerprint density at radius 1 is 1.29 bits per heavy atom. The molecule has 0 N–H and O–H groups in total. The number of carbonyl (C=O) groups is 1. The summed E-state index contributed by atoms with van der Waals surface area (Å²) in [4.78, 5) is 16.0. The minimum Gasteiger partial charge on any atom is -0.436 e. The van der Waals surface area contributed by atoms with Gasteiger partial charge in [-0.05, 0) is 50.2 Å². The zero-order chi connectivity index (χ0) is 12.4. The van der Waals surface area contributed by atoms with E-state index in [0.717, 1.165) is 28.2 Å². The number of aldehydes is 1. The van der Waals surface area contributed by atoms with Crippen molar-refractivity contribution in [3.63, 3.8) is 0 Å². The Kier molecular flexibility index (Phi) is 3.33. The van der Waals surface area contributed by atoms with Crippen molar-refractivity contribution in [1.82, 2.24) is 4.98 Å². The number of nitrogens with zero attached hydrogens (tertiary/aromatic N) is 1. The predicted molar refractivity (Wildman–Crippen MR) is 66.7 cm³/mol. The van der Waals surface area contributed by atoms with E-state index in [-0.39, 0.29) is 0 Å². The lowest BCUT2D eigenvalue weighted by Crippen LogP contribution is -1.86. The van der Waals surface area contributed by atoms with Crippen molar-refractivity contribution < 1.29 is 9.21 Å². The van der Waals surface area contributed by atoms with Gasteiger partial charge in [-0.25, -0.2) is 4.98 Å². The van der Waals surface area contributed by atoms with Crippen molar-refractivity contribution in [3.05, 3.63) is 40.8 Å². The predicted octanol–water partition coefficient (Wildman–Crippen LogP) is 3.56. The first-order chi connectivity index (χ1) is 8.10. The fraction of sp³-hybridized carbons (Fsp3) is 0.231. The molecule has 0 bridgehead atoms. The fourth-order valence-corrected chi connectivity index (χ4v) is 2.35. The summed E-state index contributed by atoms with van der Waals surface area (Å²) in [6, 6.07) is 5.67. The smallest absolute Gasteiger partial charge is 0.260 e. The molecule has 1 aromatic carbocycles. The number of carbonyl (C=O) groups excluding carboxylic acids is 1. The summed E-state index contributed by atoms with van der Waals surface area (Å²) in [5.41, 5.74) is 2.59. The second-order valence-corrected chi connectivity index (χ2v) is 4.88. The minimum atomic E-state index is 0.637. The average Bonchev–Trinajstić information content (AvgIpc) is 2.58. The second-order valence-electron chi connectivity index (χ2n) is 3.86. The van der Waals surface area contributed by atoms with Crippen LogP contribution in [0, 0.1) is 20.8 Å². The number of hydrogen-bond donors (Lipinski definition) is 0. The molecule has 0 amide bonds. The van der Waals surface area contributed by atoms with Gasteiger partial charge in [0.25, 0.3) is 5.22 Å². The third-order valence-electron chi connectivity index (χ3n) is 2.58. The van der Waals surface area contributed by atoms with Gasteiger partial charge in [0.2, 0.25) is 0 Å². The highest BCUT2D eigenvalue weighted by molar-refractivity contribution is 7.99. The Labute approximate surface area is 104 Å². The van der Waals surface area contributed by atoms with Crippen molar-refractivity contribution in [2.75, 3.05) is 0 Å². The van der Waals surface area contributed by atoms with E-state index in [9.17, 15) is 4.79 Å². The molecule has 0 fully saturated rings. The summed E-state index contributed by atoms with van der Waals surface area (Å²) < 4.78 is 5.50. The van der Waals surface area contributed by atoms with E-state index in [1.165, 1.54) is 11.8 Å². The Bertz CT molecular complexity index is 541. The number of benzene rings is 1. The fourth-order valence-electron chi connectivity index (χ4n) is 1.43. The van der Waals surface area contributed by atoms with Gasteiger partial charge in [-0.15, -0.1) is 0 Å². The van der Waals surface area contributed by atoms with Gasteiger partial charge in [-0.1, -0.05) is 6.07 Å². The molecule has 0 radical (unpaired) electrons. The largest absolute Gasteiger partial charge is 0.436 e. The summed E-state index contributed by atoms with van der Waals surface area (Å²) in [7, 11) is 0. The zero-order valence-corrected chi connectivity index (χ0v) is 10.8. The second kappa shape index (κ2) is 4.75. The molecule has 1 heterocycles. The molecule has 1 aromatic heterocycles. The minimum absolute atomic E-state index is 0.637. The molecule has 0 spiro atoms. The molecule has 2 rings (SSSR count). The number of oxazole rings is 1. The molecule has 3 nitrogen and oxygen atoms in total. The average molecular weight is 247 g/mol. The lowest BCUT2D eigenvalue weighted by atomic mass is 10.1. The van der Waals surface area contributed by atoms with Crippen molar-refractivity contribution in [2.24, 2.45) is 0 Å². The van der Waals surface area contributed by atoms with Crippen molar-refractivity contribution in [2.45, 2.75) is 30.9 Å². The first-order valence-corrected chi connectivity index (χ1v) is 6.09. The van der Waals surface area contributed by atoms with Crippen LogP contribution in [0.5, 0.6) is 0 Å². The van der Waals surface area contributed by atoms with E-state index in [2.05, 4.69) is 4.98 Å². The van der Waals surface area contributed by atoms with E-state index in [1.807, 2.05) is 39.0 Å². The number of aryl methyl sites for hydroxylation is 3. The third-order valence-corrected chi connectivity index (χ3v) is 3.42. The molecule has 88 valence electrons. The highest BCUT2D eigenvalue weighted by atomic mass is 32.2. The summed E-state index contributed by atoms with van der Waals surface area (Å²) in [5, 5.41) is 0.637. The molecule has 0 unspecified atom stereocenters. The van der Waals surface area contributed by atoms with E-state index < -0.39 is 0 Å². The first-order valence-electron chi connectivity index (χ1n) is 5.28. The molecule has 0 aliphatic heterocycles. The van der Waals surface area contributed by atoms with Crippen molar-refractivity contribution in [3.8, 4) is 0 Å². The van der Waals surface area contributed by atoms with Gasteiger partial charge < -0.3 is 4.42 Å². The monoisotopic (exact) mass is 247 g/mol. The first kappa shape index (κ1) is 11.9. The van der Waals surface area contributed by atoms with Gasteiger partial charge in [0, 0.05) is 10.5 Å². The van der Waals surface area contributed by atoms with Crippen LogP contribution in [0.2, 0.25) is 0 Å². The molecule has 0 aliphatic carbocycles. The SMILES string of the molecule is Cc1cc(Sc2nc(C)c(C)o2)ccc1C=O. The maximum absolute atomic E-state index is 10.7. The molecule has 2 aromatic rings. The van der Waals surface area contributed by atoms with E-state index in [0.29, 0.717) is 10.8 Å². The quantitative estimate of drug-likeness (QED) is 0.778. The maximum Gasteiger partial charge on any atom is 0.260 e. The number of hydrogen-bond acceptors (Lipinski definition) is 4. The maximum atomic E-state index is 10.7. The van der Waals surface area contributed by atoms with E-state index >= 15 is 0 Å². The zero-order valence-electron chi connectivity index (χ0n) is 9.98. The lowest BCUT2D eigenvalue weighted by molar-refractivity contribution is 0.112. The highest BCUT2D eigenvalue weighted by Crippen LogP contribution is 2.29. The van der Waals surface area contributed by atoms with Crippen molar-refractivity contribution >= 4 is 18.0 Å². The van der Waals surface area contributed by atoms with Gasteiger partial charge in [0.1, 0.15) is 12.0 Å². The molecule has 0 aliphatic rings. The molecule has 0 saturated heterocycles. The molecule has 0 atom stereocenters. The van der Waals surface area contributed by atoms with Crippen LogP contribution in [0.3, 0.4) is 0 Å². The highest BCUT2D eigenvalue weighted by Gasteiger charge is 2.08. The lowest BCUT2D eigenvalue weighted by Gasteiger charge is -2.01. The van der Waals surface area contributed by atoms with Crippen LogP contribution in [-0.2, 0) is 0 Å². The van der Waals surface area contributed by atoms with E-state index in [1.54, 1.807) is 0 Å². The standard InChI is InChI=1S/C13H13NO2S/c1-8-6-12(5-4-11(8)7-15)17-13-14-9(2)10(3)16-13/h4-7H,1-3H3. The van der Waals surface area contributed by atoms with E-state index in [4.69, 9.17) is 4.42 Å². The van der Waals surface area contributed by atoms with Crippen LogP contribution in [0.15, 0.2) is 32.7 Å². The summed E-state index contributed by atoms with van der Waals surface area (Å²) in [6.45, 7) is 5.73. The Morgan fingerprint density at radius 2 is 2.06 bits per heavy atom. The number of rotatable bonds is 3. The summed E-state index contributed by atoms with van der Waals surface area (Å²) in [6.07, 6.45) is 0.864. The summed E-state index contributed by atoms with van der Waals surface area (Å²) in [5.74, 6) is 0.841. The Hall–Kier alpha value is -1.55. The van der Waals surface area contributed by atoms with Crippen LogP contribution in [0.1, 0.15) is 27.4 Å². The van der Waals surface area contributed by atoms with Crippen LogP contribution >= 0.6 is 11.8 Å². The molecule has 0 saturated carbocycles. The molecule has 17 heavy (non-hydrogen) atoms. The van der Waals surface area contributed by atoms with Crippen LogP contribution < -0.4 is 0 Å². The molecular formula is C13H13NO2S. The van der Waals surface area contributed by atoms with Gasteiger partial charge >= 0.3 is 0 Å². The van der Waals surface area contributed by atoms with Gasteiger partial charge in [-0.2, -0.15) is 0 Å². The number of aromatic nitrogens is 1. The van der Waals surface area contributed by atoms with Crippen LogP contribution in [-0.4, -0.2) is 11.3 Å². The van der Waals surface area contributed by atoms with Gasteiger partial charge in [0.05, 0.1) is 5.69 Å². The topological polar surface area (TPSA) is 43.1 Å². The third kappa shape index (κ3) is 2.58. The van der Waals surface area contributed by atoms with Crippen LogP contribution in [0.25, 0.3) is 0 Å². The van der Waals surface area contributed by atoms with Crippen LogP contribution in [0.4, 0.5) is 0 Å². The Morgan fingerprint density at radius 3 is 2.59 bits per heavy atom. The summed E-state index contributed by atoms with van der Waals surface area (Å²) >= 11 is 1.46. The molecular weight excluding hydrogens is 234 g/mol. The molecule has 4 heteroatoms. The van der Waals surface area contributed by atoms with Gasteiger partial charge in [-0.3, -0.25) is 4.79 Å². The Balaban J connectivity index is 2.24. The van der Waals surface area contributed by atoms with Crippen molar-refractivity contribution in [1.29, 1.82) is 0 Å². The normalized spacial score (nSPS) is 10.5. The van der Waals surface area contributed by atoms with Gasteiger partial charge in [0.15, 0.2) is 0 Å².